The molecule has 1 rings (SSSR count). The van der Waals surface area contributed by atoms with Crippen LogP contribution in [0.15, 0.2) is 12.4 Å². The third-order valence-corrected chi connectivity index (χ3v) is 3.41. The summed E-state index contributed by atoms with van der Waals surface area (Å²) in [6.45, 7) is 9.11. The van der Waals surface area contributed by atoms with Gasteiger partial charge in [0.2, 0.25) is 5.88 Å². The minimum absolute atomic E-state index is 0.624. The van der Waals surface area contributed by atoms with Gasteiger partial charge in [-0.3, -0.25) is 4.98 Å². The molecule has 114 valence electrons. The predicted molar refractivity (Wildman–Crippen MR) is 82.8 cm³/mol. The number of nitrogens with one attached hydrogen (secondary N) is 1. The van der Waals surface area contributed by atoms with Crippen LogP contribution in [0.1, 0.15) is 58.6 Å². The SMILES string of the molecule is CCCCC(CC)COc1cncc(CNCCC)n1. The van der Waals surface area contributed by atoms with Crippen molar-refractivity contribution >= 4 is 0 Å². The molecule has 1 aromatic rings. The molecule has 0 fully saturated rings. The van der Waals surface area contributed by atoms with Gasteiger partial charge in [0, 0.05) is 12.7 Å². The van der Waals surface area contributed by atoms with Crippen LogP contribution in [0.2, 0.25) is 0 Å². The maximum absolute atomic E-state index is 5.80. The third kappa shape index (κ3) is 6.85. The highest BCUT2D eigenvalue weighted by Gasteiger charge is 2.08. The lowest BCUT2D eigenvalue weighted by Crippen LogP contribution is -2.16. The highest BCUT2D eigenvalue weighted by Crippen LogP contribution is 2.14. The minimum atomic E-state index is 0.624. The van der Waals surface area contributed by atoms with Gasteiger partial charge < -0.3 is 10.1 Å². The quantitative estimate of drug-likeness (QED) is 0.629. The van der Waals surface area contributed by atoms with Crippen molar-refractivity contribution in [1.29, 1.82) is 0 Å². The third-order valence-electron chi connectivity index (χ3n) is 3.41. The zero-order valence-electron chi connectivity index (χ0n) is 13.2. The Morgan fingerprint density at radius 2 is 2.05 bits per heavy atom. The maximum Gasteiger partial charge on any atom is 0.232 e. The van der Waals surface area contributed by atoms with Crippen molar-refractivity contribution in [1.82, 2.24) is 15.3 Å². The monoisotopic (exact) mass is 279 g/mol. The van der Waals surface area contributed by atoms with E-state index < -0.39 is 0 Å². The van der Waals surface area contributed by atoms with Gasteiger partial charge >= 0.3 is 0 Å². The summed E-state index contributed by atoms with van der Waals surface area (Å²) in [5.74, 6) is 1.27. The first-order valence-electron chi connectivity index (χ1n) is 7.94. The van der Waals surface area contributed by atoms with Crippen molar-refractivity contribution in [3.05, 3.63) is 18.1 Å². The Labute approximate surface area is 123 Å². The number of ether oxygens (including phenoxy) is 1. The van der Waals surface area contributed by atoms with Gasteiger partial charge in [0.05, 0.1) is 18.5 Å². The van der Waals surface area contributed by atoms with Gasteiger partial charge in [-0.25, -0.2) is 4.98 Å². The molecule has 1 aromatic heterocycles. The van der Waals surface area contributed by atoms with Crippen LogP contribution in [0.3, 0.4) is 0 Å². The first kappa shape index (κ1) is 16.9. The van der Waals surface area contributed by atoms with E-state index in [1.165, 1.54) is 19.3 Å². The van der Waals surface area contributed by atoms with E-state index in [1.807, 2.05) is 0 Å². The molecule has 1 heterocycles. The van der Waals surface area contributed by atoms with Gasteiger partial charge in [-0.2, -0.15) is 0 Å². The fraction of sp³-hybridized carbons (Fsp3) is 0.750. The Morgan fingerprint density at radius 1 is 1.20 bits per heavy atom. The zero-order chi connectivity index (χ0) is 14.6. The number of nitrogens with zero attached hydrogens (tertiary/aromatic N) is 2. The molecule has 4 heteroatoms. The van der Waals surface area contributed by atoms with Gasteiger partial charge in [0.1, 0.15) is 0 Å². The standard InChI is InChI=1S/C16H29N3O/c1-4-7-8-14(6-3)13-20-16-12-18-11-15(19-16)10-17-9-5-2/h11-12,14,17H,4-10,13H2,1-3H3. The van der Waals surface area contributed by atoms with Crippen molar-refractivity contribution in [3.63, 3.8) is 0 Å². The molecule has 0 bridgehead atoms. The van der Waals surface area contributed by atoms with E-state index in [1.54, 1.807) is 12.4 Å². The molecule has 1 N–H and O–H groups in total. The molecule has 0 aliphatic heterocycles. The zero-order valence-corrected chi connectivity index (χ0v) is 13.2. The summed E-state index contributed by atoms with van der Waals surface area (Å²) in [6, 6.07) is 0. The Morgan fingerprint density at radius 3 is 2.75 bits per heavy atom. The number of hydrogen-bond acceptors (Lipinski definition) is 4. The van der Waals surface area contributed by atoms with Crippen LogP contribution in [0.4, 0.5) is 0 Å². The number of hydrogen-bond donors (Lipinski definition) is 1. The van der Waals surface area contributed by atoms with E-state index in [0.29, 0.717) is 11.8 Å². The Balaban J connectivity index is 2.40. The first-order chi connectivity index (χ1) is 9.80. The smallest absolute Gasteiger partial charge is 0.232 e. The van der Waals surface area contributed by atoms with Crippen molar-refractivity contribution in [2.45, 2.75) is 59.4 Å². The molecular formula is C16H29N3O. The molecule has 1 unspecified atom stereocenters. The second-order valence-electron chi connectivity index (χ2n) is 5.25. The molecule has 20 heavy (non-hydrogen) atoms. The first-order valence-corrected chi connectivity index (χ1v) is 7.94. The van der Waals surface area contributed by atoms with Crippen LogP contribution in [0.5, 0.6) is 5.88 Å². The molecule has 0 aliphatic carbocycles. The number of aromatic nitrogens is 2. The van der Waals surface area contributed by atoms with E-state index in [9.17, 15) is 0 Å². The second-order valence-corrected chi connectivity index (χ2v) is 5.25. The van der Waals surface area contributed by atoms with Crippen LogP contribution in [-0.2, 0) is 6.54 Å². The largest absolute Gasteiger partial charge is 0.476 e. The van der Waals surface area contributed by atoms with Crippen molar-refractivity contribution in [2.75, 3.05) is 13.2 Å². The molecule has 0 saturated carbocycles. The summed E-state index contributed by atoms with van der Waals surface area (Å²) in [6.07, 6.45) is 9.53. The lowest BCUT2D eigenvalue weighted by molar-refractivity contribution is 0.224. The summed E-state index contributed by atoms with van der Waals surface area (Å²) in [5.41, 5.74) is 0.942. The second kappa shape index (κ2) is 10.6. The maximum atomic E-state index is 5.80. The van der Waals surface area contributed by atoms with Crippen LogP contribution >= 0.6 is 0 Å². The fourth-order valence-corrected chi connectivity index (χ4v) is 2.04. The minimum Gasteiger partial charge on any atom is -0.476 e. The summed E-state index contributed by atoms with van der Waals surface area (Å²) in [5, 5.41) is 3.32. The van der Waals surface area contributed by atoms with E-state index in [-0.39, 0.29) is 0 Å². The summed E-state index contributed by atoms with van der Waals surface area (Å²) >= 11 is 0. The van der Waals surface area contributed by atoms with Gasteiger partial charge in [-0.05, 0) is 25.3 Å². The van der Waals surface area contributed by atoms with Gasteiger partial charge in [-0.15, -0.1) is 0 Å². The van der Waals surface area contributed by atoms with Crippen molar-refractivity contribution in [2.24, 2.45) is 5.92 Å². The molecule has 0 spiro atoms. The lowest BCUT2D eigenvalue weighted by Gasteiger charge is -2.15. The van der Waals surface area contributed by atoms with E-state index in [4.69, 9.17) is 4.74 Å². The highest BCUT2D eigenvalue weighted by molar-refractivity contribution is 5.08. The number of unbranched alkanes of at least 4 members (excludes halogenated alkanes) is 1. The van der Waals surface area contributed by atoms with E-state index in [0.717, 1.165) is 38.2 Å². The molecular weight excluding hydrogens is 250 g/mol. The molecule has 0 saturated heterocycles. The molecule has 4 nitrogen and oxygen atoms in total. The van der Waals surface area contributed by atoms with Crippen molar-refractivity contribution < 1.29 is 4.74 Å². The van der Waals surface area contributed by atoms with E-state index in [2.05, 4.69) is 36.1 Å². The highest BCUT2D eigenvalue weighted by atomic mass is 16.5. The average molecular weight is 279 g/mol. The van der Waals surface area contributed by atoms with Gasteiger partial charge in [-0.1, -0.05) is 40.0 Å². The van der Waals surface area contributed by atoms with Gasteiger partial charge in [0.25, 0.3) is 0 Å². The van der Waals surface area contributed by atoms with Crippen molar-refractivity contribution in [3.8, 4) is 5.88 Å². The fourth-order valence-electron chi connectivity index (χ4n) is 2.04. The topological polar surface area (TPSA) is 47.0 Å². The molecule has 0 radical (unpaired) electrons. The van der Waals surface area contributed by atoms with Crippen LogP contribution in [-0.4, -0.2) is 23.1 Å². The van der Waals surface area contributed by atoms with Crippen LogP contribution in [0.25, 0.3) is 0 Å². The van der Waals surface area contributed by atoms with Crippen LogP contribution in [0, 0.1) is 5.92 Å². The molecule has 0 amide bonds. The van der Waals surface area contributed by atoms with E-state index >= 15 is 0 Å². The Bertz CT molecular complexity index is 357. The predicted octanol–water partition coefficient (Wildman–Crippen LogP) is 3.57. The Hall–Kier alpha value is -1.16. The van der Waals surface area contributed by atoms with Gasteiger partial charge in [0.15, 0.2) is 0 Å². The van der Waals surface area contributed by atoms with Crippen LogP contribution < -0.4 is 10.1 Å². The number of rotatable bonds is 11. The molecule has 0 aromatic carbocycles. The summed E-state index contributed by atoms with van der Waals surface area (Å²) in [7, 11) is 0. The normalized spacial score (nSPS) is 12.3. The Kier molecular flexibility index (Phi) is 8.96. The average Bonchev–Trinajstić information content (AvgIpc) is 2.48. The molecule has 0 aliphatic rings. The summed E-state index contributed by atoms with van der Waals surface area (Å²) in [4.78, 5) is 8.69. The lowest BCUT2D eigenvalue weighted by atomic mass is 10.0. The summed E-state index contributed by atoms with van der Waals surface area (Å²) < 4.78 is 5.80. The molecule has 1 atom stereocenters.